The second kappa shape index (κ2) is 9.40. The predicted octanol–water partition coefficient (Wildman–Crippen LogP) is 3.02. The van der Waals surface area contributed by atoms with Crippen molar-refractivity contribution in [1.82, 2.24) is 10.2 Å². The van der Waals surface area contributed by atoms with Gasteiger partial charge in [-0.2, -0.15) is 11.8 Å². The standard InChI is InChI=1S/C16H28N2S/c1-5-17-11-10-15-6-8-16(9-7-15)12-18(3)14(2)13-19-4/h6-9,14,17H,5,10-13H2,1-4H3. The Morgan fingerprint density at radius 3 is 2.42 bits per heavy atom. The molecule has 108 valence electrons. The van der Waals surface area contributed by atoms with Crippen molar-refractivity contribution in [3.8, 4) is 0 Å². The van der Waals surface area contributed by atoms with E-state index in [1.165, 1.54) is 16.9 Å². The van der Waals surface area contributed by atoms with Crippen molar-refractivity contribution in [3.05, 3.63) is 35.4 Å². The highest BCUT2D eigenvalue weighted by Gasteiger charge is 2.08. The van der Waals surface area contributed by atoms with Gasteiger partial charge in [0.2, 0.25) is 0 Å². The van der Waals surface area contributed by atoms with Crippen LogP contribution in [0.5, 0.6) is 0 Å². The molecule has 0 saturated heterocycles. The molecule has 1 atom stereocenters. The van der Waals surface area contributed by atoms with Crippen LogP contribution in [0.15, 0.2) is 24.3 Å². The second-order valence-electron chi connectivity index (χ2n) is 5.14. The molecule has 0 fully saturated rings. The number of benzene rings is 1. The van der Waals surface area contributed by atoms with Crippen molar-refractivity contribution < 1.29 is 0 Å². The van der Waals surface area contributed by atoms with Crippen LogP contribution in [0.25, 0.3) is 0 Å². The van der Waals surface area contributed by atoms with Gasteiger partial charge < -0.3 is 5.32 Å². The first-order valence-electron chi connectivity index (χ1n) is 7.15. The zero-order chi connectivity index (χ0) is 14.1. The molecule has 1 aromatic carbocycles. The number of likely N-dealkylation sites (N-methyl/N-ethyl adjacent to an activating group) is 1. The van der Waals surface area contributed by atoms with Gasteiger partial charge in [0, 0.05) is 18.3 Å². The van der Waals surface area contributed by atoms with E-state index < -0.39 is 0 Å². The van der Waals surface area contributed by atoms with E-state index in [0.29, 0.717) is 6.04 Å². The van der Waals surface area contributed by atoms with Gasteiger partial charge in [0.25, 0.3) is 0 Å². The molecule has 1 N–H and O–H groups in total. The summed E-state index contributed by atoms with van der Waals surface area (Å²) in [5, 5.41) is 3.36. The summed E-state index contributed by atoms with van der Waals surface area (Å²) in [4.78, 5) is 2.42. The van der Waals surface area contributed by atoms with E-state index >= 15 is 0 Å². The third-order valence-corrected chi connectivity index (χ3v) is 4.27. The van der Waals surface area contributed by atoms with Crippen LogP contribution in [0.4, 0.5) is 0 Å². The minimum atomic E-state index is 0.628. The van der Waals surface area contributed by atoms with Crippen LogP contribution in [0, 0.1) is 0 Å². The summed E-state index contributed by atoms with van der Waals surface area (Å²) < 4.78 is 0. The van der Waals surface area contributed by atoms with E-state index in [0.717, 1.165) is 26.1 Å². The van der Waals surface area contributed by atoms with E-state index in [9.17, 15) is 0 Å². The molecule has 0 radical (unpaired) electrons. The zero-order valence-corrected chi connectivity index (χ0v) is 13.6. The molecule has 0 aliphatic carbocycles. The Bertz CT molecular complexity index is 337. The smallest absolute Gasteiger partial charge is 0.0233 e. The number of nitrogens with one attached hydrogen (secondary N) is 1. The first kappa shape index (κ1) is 16.5. The Hall–Kier alpha value is -0.510. The first-order chi connectivity index (χ1) is 9.17. The van der Waals surface area contributed by atoms with Gasteiger partial charge in [0.05, 0.1) is 0 Å². The summed E-state index contributed by atoms with van der Waals surface area (Å²) in [5.74, 6) is 1.19. The van der Waals surface area contributed by atoms with E-state index in [1.54, 1.807) is 0 Å². The minimum Gasteiger partial charge on any atom is -0.317 e. The molecule has 0 saturated carbocycles. The van der Waals surface area contributed by atoms with Gasteiger partial charge in [0.15, 0.2) is 0 Å². The third kappa shape index (κ3) is 6.46. The average Bonchev–Trinajstić information content (AvgIpc) is 2.41. The minimum absolute atomic E-state index is 0.628. The lowest BCUT2D eigenvalue weighted by Gasteiger charge is -2.24. The Kier molecular flexibility index (Phi) is 8.19. The summed E-state index contributed by atoms with van der Waals surface area (Å²) in [6.07, 6.45) is 3.29. The van der Waals surface area contributed by atoms with Crippen molar-refractivity contribution in [3.63, 3.8) is 0 Å². The van der Waals surface area contributed by atoms with Crippen molar-refractivity contribution in [1.29, 1.82) is 0 Å². The topological polar surface area (TPSA) is 15.3 Å². The maximum atomic E-state index is 3.36. The van der Waals surface area contributed by atoms with Crippen LogP contribution in [0.2, 0.25) is 0 Å². The lowest BCUT2D eigenvalue weighted by molar-refractivity contribution is 0.270. The van der Waals surface area contributed by atoms with E-state index in [2.05, 4.69) is 61.6 Å². The lowest BCUT2D eigenvalue weighted by Crippen LogP contribution is -2.30. The number of hydrogen-bond donors (Lipinski definition) is 1. The Morgan fingerprint density at radius 1 is 1.21 bits per heavy atom. The quantitative estimate of drug-likeness (QED) is 0.700. The Labute approximate surface area is 123 Å². The van der Waals surface area contributed by atoms with Crippen LogP contribution in [-0.2, 0) is 13.0 Å². The normalized spacial score (nSPS) is 12.9. The Balaban J connectivity index is 2.43. The molecule has 0 aromatic heterocycles. The van der Waals surface area contributed by atoms with Gasteiger partial charge in [-0.1, -0.05) is 31.2 Å². The van der Waals surface area contributed by atoms with Crippen LogP contribution in [0.3, 0.4) is 0 Å². The highest BCUT2D eigenvalue weighted by atomic mass is 32.2. The predicted molar refractivity (Wildman–Crippen MR) is 88.0 cm³/mol. The van der Waals surface area contributed by atoms with E-state index in [-0.39, 0.29) is 0 Å². The van der Waals surface area contributed by atoms with Crippen molar-refractivity contribution in [2.45, 2.75) is 32.9 Å². The van der Waals surface area contributed by atoms with E-state index in [1.807, 2.05) is 11.8 Å². The largest absolute Gasteiger partial charge is 0.317 e. The monoisotopic (exact) mass is 280 g/mol. The molecule has 0 spiro atoms. The molecule has 0 amide bonds. The Morgan fingerprint density at radius 2 is 1.84 bits per heavy atom. The van der Waals surface area contributed by atoms with Gasteiger partial charge in [-0.25, -0.2) is 0 Å². The van der Waals surface area contributed by atoms with Crippen molar-refractivity contribution in [2.24, 2.45) is 0 Å². The highest BCUT2D eigenvalue weighted by Crippen LogP contribution is 2.11. The molecular weight excluding hydrogens is 252 g/mol. The van der Waals surface area contributed by atoms with Gasteiger partial charge in [-0.05, 0) is 50.9 Å². The molecule has 2 nitrogen and oxygen atoms in total. The lowest BCUT2D eigenvalue weighted by atomic mass is 10.1. The zero-order valence-electron chi connectivity index (χ0n) is 12.8. The number of thioether (sulfide) groups is 1. The maximum absolute atomic E-state index is 3.36. The first-order valence-corrected chi connectivity index (χ1v) is 8.54. The molecular formula is C16H28N2S. The van der Waals surface area contributed by atoms with Crippen LogP contribution in [-0.4, -0.2) is 43.1 Å². The molecule has 0 bridgehead atoms. The fraction of sp³-hybridized carbons (Fsp3) is 0.625. The van der Waals surface area contributed by atoms with Crippen LogP contribution >= 0.6 is 11.8 Å². The van der Waals surface area contributed by atoms with Crippen molar-refractivity contribution >= 4 is 11.8 Å². The maximum Gasteiger partial charge on any atom is 0.0233 e. The average molecular weight is 280 g/mol. The fourth-order valence-electron chi connectivity index (χ4n) is 2.03. The number of rotatable bonds is 9. The number of nitrogens with zero attached hydrogens (tertiary/aromatic N) is 1. The molecule has 1 unspecified atom stereocenters. The summed E-state index contributed by atoms with van der Waals surface area (Å²) in [5.41, 5.74) is 2.83. The van der Waals surface area contributed by atoms with Gasteiger partial charge in [-0.15, -0.1) is 0 Å². The summed E-state index contributed by atoms with van der Waals surface area (Å²) >= 11 is 1.91. The summed E-state index contributed by atoms with van der Waals surface area (Å²) in [7, 11) is 2.21. The van der Waals surface area contributed by atoms with Gasteiger partial charge in [0.1, 0.15) is 0 Å². The summed E-state index contributed by atoms with van der Waals surface area (Å²) in [6, 6.07) is 9.69. The molecule has 0 aliphatic rings. The summed E-state index contributed by atoms with van der Waals surface area (Å²) in [6.45, 7) is 7.60. The molecule has 0 aliphatic heterocycles. The van der Waals surface area contributed by atoms with Crippen LogP contribution < -0.4 is 5.32 Å². The van der Waals surface area contributed by atoms with Gasteiger partial charge >= 0.3 is 0 Å². The van der Waals surface area contributed by atoms with Gasteiger partial charge in [-0.3, -0.25) is 4.90 Å². The fourth-order valence-corrected chi connectivity index (χ4v) is 2.77. The third-order valence-electron chi connectivity index (χ3n) is 3.46. The van der Waals surface area contributed by atoms with E-state index in [4.69, 9.17) is 0 Å². The molecule has 1 rings (SSSR count). The SMILES string of the molecule is CCNCCc1ccc(CN(C)C(C)CSC)cc1. The second-order valence-corrected chi connectivity index (χ2v) is 6.05. The molecule has 19 heavy (non-hydrogen) atoms. The molecule has 0 heterocycles. The molecule has 3 heteroatoms. The highest BCUT2D eigenvalue weighted by molar-refractivity contribution is 7.98. The van der Waals surface area contributed by atoms with Crippen LogP contribution in [0.1, 0.15) is 25.0 Å². The number of hydrogen-bond acceptors (Lipinski definition) is 3. The van der Waals surface area contributed by atoms with Crippen molar-refractivity contribution in [2.75, 3.05) is 32.1 Å². The molecule has 1 aromatic rings.